The van der Waals surface area contributed by atoms with Crippen LogP contribution in [0.3, 0.4) is 0 Å². The van der Waals surface area contributed by atoms with Crippen molar-refractivity contribution in [3.63, 3.8) is 0 Å². The summed E-state index contributed by atoms with van der Waals surface area (Å²) in [5.74, 6) is 0.721. The van der Waals surface area contributed by atoms with Crippen molar-refractivity contribution in [3.8, 4) is 5.75 Å². The molecule has 1 fully saturated rings. The Balaban J connectivity index is 2.11. The van der Waals surface area contributed by atoms with Gasteiger partial charge in [0.25, 0.3) is 0 Å². The zero-order valence-electron chi connectivity index (χ0n) is 13.2. The van der Waals surface area contributed by atoms with Gasteiger partial charge in [0.05, 0.1) is 12.0 Å². The van der Waals surface area contributed by atoms with Gasteiger partial charge in [0.2, 0.25) is 5.91 Å². The second-order valence-electron chi connectivity index (χ2n) is 6.23. The van der Waals surface area contributed by atoms with E-state index in [0.29, 0.717) is 6.04 Å². The van der Waals surface area contributed by atoms with Gasteiger partial charge in [-0.1, -0.05) is 18.2 Å². The van der Waals surface area contributed by atoms with Gasteiger partial charge in [0.15, 0.2) is 0 Å². The fourth-order valence-electron chi connectivity index (χ4n) is 2.85. The second-order valence-corrected chi connectivity index (χ2v) is 6.23. The predicted molar refractivity (Wildman–Crippen MR) is 84.0 cm³/mol. The van der Waals surface area contributed by atoms with Gasteiger partial charge < -0.3 is 10.5 Å². The Bertz CT molecular complexity index is 487. The van der Waals surface area contributed by atoms with Crippen molar-refractivity contribution in [2.75, 3.05) is 6.54 Å². The number of primary amides is 1. The van der Waals surface area contributed by atoms with E-state index in [9.17, 15) is 4.79 Å². The van der Waals surface area contributed by atoms with Crippen molar-refractivity contribution < 1.29 is 9.53 Å². The Hall–Kier alpha value is -1.55. The molecule has 21 heavy (non-hydrogen) atoms. The molecule has 2 N–H and O–H groups in total. The Morgan fingerprint density at radius 3 is 2.76 bits per heavy atom. The van der Waals surface area contributed by atoms with Crippen LogP contribution in [0, 0.1) is 5.92 Å². The number of hydrogen-bond donors (Lipinski definition) is 1. The molecule has 0 saturated carbocycles. The zero-order valence-corrected chi connectivity index (χ0v) is 13.2. The Morgan fingerprint density at radius 1 is 1.38 bits per heavy atom. The van der Waals surface area contributed by atoms with E-state index in [1.807, 2.05) is 32.0 Å². The van der Waals surface area contributed by atoms with Crippen LogP contribution >= 0.6 is 0 Å². The Labute approximate surface area is 127 Å². The molecule has 0 aromatic heterocycles. The maximum Gasteiger partial charge on any atom is 0.221 e. The van der Waals surface area contributed by atoms with Gasteiger partial charge in [-0.15, -0.1) is 0 Å². The van der Waals surface area contributed by atoms with E-state index in [2.05, 4.69) is 17.9 Å². The summed E-state index contributed by atoms with van der Waals surface area (Å²) in [6.45, 7) is 7.82. The Kier molecular flexibility index (Phi) is 5.23. The number of para-hydroxylation sites is 1. The minimum absolute atomic E-state index is 0.0284. The van der Waals surface area contributed by atoms with Gasteiger partial charge in [0, 0.05) is 24.7 Å². The van der Waals surface area contributed by atoms with E-state index in [4.69, 9.17) is 10.5 Å². The van der Waals surface area contributed by atoms with Crippen LogP contribution in [-0.4, -0.2) is 29.5 Å². The number of carbonyl (C=O) groups excluding carboxylic acids is 1. The van der Waals surface area contributed by atoms with E-state index in [1.165, 1.54) is 5.56 Å². The third-order valence-corrected chi connectivity index (χ3v) is 4.12. The molecular formula is C17H26N2O2. The summed E-state index contributed by atoms with van der Waals surface area (Å²) < 4.78 is 5.88. The number of rotatable bonds is 5. The molecule has 1 aromatic rings. The number of hydrogen-bond acceptors (Lipinski definition) is 3. The van der Waals surface area contributed by atoms with Crippen LogP contribution in [0.15, 0.2) is 24.3 Å². The van der Waals surface area contributed by atoms with Crippen LogP contribution in [0.2, 0.25) is 0 Å². The molecule has 2 rings (SSSR count). The number of carbonyl (C=O) groups is 1. The fraction of sp³-hybridized carbons (Fsp3) is 0.588. The number of nitrogens with zero attached hydrogens (tertiary/aromatic N) is 1. The zero-order chi connectivity index (χ0) is 15.4. The summed E-state index contributed by atoms with van der Waals surface area (Å²) in [5, 5.41) is 0. The molecule has 2 atom stereocenters. The fourth-order valence-corrected chi connectivity index (χ4v) is 2.85. The maximum absolute atomic E-state index is 11.4. The monoisotopic (exact) mass is 290 g/mol. The first-order chi connectivity index (χ1) is 9.97. The molecule has 1 amide bonds. The van der Waals surface area contributed by atoms with Crippen molar-refractivity contribution >= 4 is 5.91 Å². The molecule has 4 nitrogen and oxygen atoms in total. The minimum Gasteiger partial charge on any atom is -0.491 e. The van der Waals surface area contributed by atoms with Gasteiger partial charge in [-0.2, -0.15) is 0 Å². The van der Waals surface area contributed by atoms with Crippen molar-refractivity contribution in [2.45, 2.75) is 52.3 Å². The predicted octanol–water partition coefficient (Wildman–Crippen LogP) is 2.56. The second kappa shape index (κ2) is 6.94. The lowest BCUT2D eigenvalue weighted by Gasteiger charge is -2.37. The molecule has 0 bridgehead atoms. The van der Waals surface area contributed by atoms with Gasteiger partial charge >= 0.3 is 0 Å². The Morgan fingerprint density at radius 2 is 2.10 bits per heavy atom. The summed E-state index contributed by atoms with van der Waals surface area (Å²) in [7, 11) is 0. The van der Waals surface area contributed by atoms with Gasteiger partial charge in [-0.3, -0.25) is 9.69 Å². The number of piperidine rings is 1. The summed E-state index contributed by atoms with van der Waals surface area (Å²) in [5.41, 5.74) is 6.64. The minimum atomic E-state index is -0.182. The van der Waals surface area contributed by atoms with E-state index >= 15 is 0 Å². The van der Waals surface area contributed by atoms with Crippen LogP contribution in [0.25, 0.3) is 0 Å². The van der Waals surface area contributed by atoms with Crippen molar-refractivity contribution in [1.82, 2.24) is 4.90 Å². The average molecular weight is 290 g/mol. The first-order valence-electron chi connectivity index (χ1n) is 7.75. The summed E-state index contributed by atoms with van der Waals surface area (Å²) in [6.07, 6.45) is 2.07. The SMILES string of the molecule is CC(C)Oc1ccccc1CN1C[C@@H](C(N)=O)CC[C@@H]1C. The molecule has 0 aliphatic carbocycles. The largest absolute Gasteiger partial charge is 0.491 e. The molecule has 0 radical (unpaired) electrons. The molecular weight excluding hydrogens is 264 g/mol. The van der Waals surface area contributed by atoms with Gasteiger partial charge in [-0.25, -0.2) is 0 Å². The van der Waals surface area contributed by atoms with E-state index in [0.717, 1.165) is 31.7 Å². The molecule has 0 unspecified atom stereocenters. The number of amides is 1. The van der Waals surface area contributed by atoms with Crippen LogP contribution in [-0.2, 0) is 11.3 Å². The molecule has 0 spiro atoms. The number of benzene rings is 1. The van der Waals surface area contributed by atoms with Crippen molar-refractivity contribution in [3.05, 3.63) is 29.8 Å². The smallest absolute Gasteiger partial charge is 0.221 e. The molecule has 1 heterocycles. The topological polar surface area (TPSA) is 55.6 Å². The number of likely N-dealkylation sites (tertiary alicyclic amines) is 1. The average Bonchev–Trinajstić information content (AvgIpc) is 2.42. The van der Waals surface area contributed by atoms with Crippen molar-refractivity contribution in [2.24, 2.45) is 11.7 Å². The van der Waals surface area contributed by atoms with Crippen molar-refractivity contribution in [1.29, 1.82) is 0 Å². The number of ether oxygens (including phenoxy) is 1. The van der Waals surface area contributed by atoms with Crippen LogP contribution in [0.4, 0.5) is 0 Å². The summed E-state index contributed by atoms with van der Waals surface area (Å²) in [4.78, 5) is 13.8. The van der Waals surface area contributed by atoms with Gasteiger partial charge in [0.1, 0.15) is 5.75 Å². The molecule has 1 saturated heterocycles. The summed E-state index contributed by atoms with van der Waals surface area (Å²) in [6, 6.07) is 8.59. The van der Waals surface area contributed by atoms with E-state index < -0.39 is 0 Å². The lowest BCUT2D eigenvalue weighted by atomic mass is 9.92. The van der Waals surface area contributed by atoms with E-state index in [-0.39, 0.29) is 17.9 Å². The molecule has 4 heteroatoms. The van der Waals surface area contributed by atoms with Gasteiger partial charge in [-0.05, 0) is 39.7 Å². The van der Waals surface area contributed by atoms with Crippen LogP contribution in [0.1, 0.15) is 39.2 Å². The van der Waals surface area contributed by atoms with E-state index in [1.54, 1.807) is 0 Å². The highest BCUT2D eigenvalue weighted by Gasteiger charge is 2.29. The molecule has 1 aliphatic rings. The maximum atomic E-state index is 11.4. The van der Waals surface area contributed by atoms with Crippen LogP contribution < -0.4 is 10.5 Å². The highest BCUT2D eigenvalue weighted by atomic mass is 16.5. The molecule has 1 aliphatic heterocycles. The van der Waals surface area contributed by atoms with Crippen LogP contribution in [0.5, 0.6) is 5.75 Å². The summed E-state index contributed by atoms with van der Waals surface area (Å²) >= 11 is 0. The number of nitrogens with two attached hydrogens (primary N) is 1. The highest BCUT2D eigenvalue weighted by molar-refractivity contribution is 5.77. The molecule has 1 aromatic carbocycles. The first-order valence-corrected chi connectivity index (χ1v) is 7.75. The lowest BCUT2D eigenvalue weighted by molar-refractivity contribution is -0.124. The quantitative estimate of drug-likeness (QED) is 0.906. The normalized spacial score (nSPS) is 23.2. The third kappa shape index (κ3) is 4.21. The lowest BCUT2D eigenvalue weighted by Crippen LogP contribution is -2.45. The standard InChI is InChI=1S/C17H26N2O2/c1-12(2)21-16-7-5-4-6-14(16)10-19-11-15(17(18)20)9-8-13(19)3/h4-7,12-13,15H,8-11H2,1-3H3,(H2,18,20)/t13-,15-/m0/s1. The molecule has 116 valence electrons. The third-order valence-electron chi connectivity index (χ3n) is 4.12. The highest BCUT2D eigenvalue weighted by Crippen LogP contribution is 2.27. The first kappa shape index (κ1) is 15.8.